The molecule has 2 heterocycles. The Morgan fingerprint density at radius 3 is 2.46 bits per heavy atom. The van der Waals surface area contributed by atoms with E-state index in [4.69, 9.17) is 11.3 Å². The number of alkyl halides is 3. The molecular weight excluding hydrogens is 565 g/mol. The second-order valence-corrected chi connectivity index (χ2v) is 11.2. The number of hydrazine groups is 1. The van der Waals surface area contributed by atoms with Crippen LogP contribution < -0.4 is 10.3 Å². The second kappa shape index (κ2) is 11.2. The molecule has 4 amide bonds. The molecule has 0 spiro atoms. The SMILES string of the molecule is [C-]#[N+]C1=C(C)N(c2cccc(C(F)(F)F)c2)C(=O)N(C(=O)NN2CCOCC2)[C@@H]1c1ccc(C#N)cc1S(C)(=O)=O. The first kappa shape index (κ1) is 29.5. The van der Waals surface area contributed by atoms with Crippen LogP contribution in [0.5, 0.6) is 0 Å². The van der Waals surface area contributed by atoms with Crippen molar-refractivity contribution in [2.45, 2.75) is 24.0 Å². The lowest BCUT2D eigenvalue weighted by Crippen LogP contribution is -2.59. The number of nitriles is 1. The number of nitrogens with zero attached hydrogens (tertiary/aromatic N) is 5. The normalized spacial score (nSPS) is 18.6. The average Bonchev–Trinajstić information content (AvgIpc) is 2.92. The van der Waals surface area contributed by atoms with E-state index in [1.807, 2.05) is 6.07 Å². The van der Waals surface area contributed by atoms with Crippen LogP contribution in [0.25, 0.3) is 4.85 Å². The summed E-state index contributed by atoms with van der Waals surface area (Å²) < 4.78 is 71.4. The van der Waals surface area contributed by atoms with Crippen molar-refractivity contribution >= 4 is 27.6 Å². The second-order valence-electron chi connectivity index (χ2n) is 9.17. The fourth-order valence-corrected chi connectivity index (χ4v) is 5.52. The Hall–Kier alpha value is -4.44. The fraction of sp³-hybridized carbons (Fsp3) is 0.308. The lowest BCUT2D eigenvalue weighted by Gasteiger charge is -2.42. The maximum Gasteiger partial charge on any atom is 0.416 e. The van der Waals surface area contributed by atoms with Crippen LogP contribution in [0.4, 0.5) is 28.4 Å². The van der Waals surface area contributed by atoms with Gasteiger partial charge in [0.15, 0.2) is 9.84 Å². The van der Waals surface area contributed by atoms with Gasteiger partial charge in [0.2, 0.25) is 5.70 Å². The molecule has 41 heavy (non-hydrogen) atoms. The predicted molar refractivity (Wildman–Crippen MR) is 138 cm³/mol. The van der Waals surface area contributed by atoms with Gasteiger partial charge >= 0.3 is 18.2 Å². The maximum atomic E-state index is 14.0. The summed E-state index contributed by atoms with van der Waals surface area (Å²) in [6.45, 7) is 10.3. The molecule has 0 saturated carbocycles. The summed E-state index contributed by atoms with van der Waals surface area (Å²) in [5.74, 6) is 0. The summed E-state index contributed by atoms with van der Waals surface area (Å²) in [7, 11) is -4.06. The Morgan fingerprint density at radius 2 is 1.88 bits per heavy atom. The summed E-state index contributed by atoms with van der Waals surface area (Å²) in [5, 5.41) is 10.8. The van der Waals surface area contributed by atoms with Crippen LogP contribution in [0, 0.1) is 17.9 Å². The molecule has 2 aliphatic rings. The molecule has 1 atom stereocenters. The van der Waals surface area contributed by atoms with Crippen molar-refractivity contribution in [2.75, 3.05) is 37.5 Å². The number of sulfone groups is 1. The number of anilines is 1. The fourth-order valence-electron chi connectivity index (χ4n) is 4.57. The molecule has 15 heteroatoms. The highest BCUT2D eigenvalue weighted by molar-refractivity contribution is 7.90. The standard InChI is InChI=1S/C26H23F3N6O5S/c1-16-22(31-2)23(20-8-7-17(15-30)13-21(20)41(3,38)39)35(24(36)32-33-9-11-40-12-10-33)25(37)34(16)19-6-4-5-18(14-19)26(27,28)29/h4-8,13-14,23H,9-12H2,1,3H3,(H,32,36)/t23-/m1/s1. The summed E-state index contributed by atoms with van der Waals surface area (Å²) >= 11 is 0. The van der Waals surface area contributed by atoms with Crippen molar-refractivity contribution in [3.8, 4) is 6.07 Å². The number of rotatable bonds is 4. The number of hydrogen-bond donors (Lipinski definition) is 1. The van der Waals surface area contributed by atoms with Crippen molar-refractivity contribution in [3.05, 3.63) is 82.0 Å². The lowest BCUT2D eigenvalue weighted by molar-refractivity contribution is -0.137. The van der Waals surface area contributed by atoms with Crippen LogP contribution in [0.1, 0.15) is 29.7 Å². The minimum Gasteiger partial charge on any atom is -0.379 e. The van der Waals surface area contributed by atoms with Crippen molar-refractivity contribution < 1.29 is 35.9 Å². The topological polar surface area (TPSA) is 127 Å². The van der Waals surface area contributed by atoms with Crippen molar-refractivity contribution in [1.29, 1.82) is 5.26 Å². The quantitative estimate of drug-likeness (QED) is 0.534. The molecule has 0 unspecified atom stereocenters. The van der Waals surface area contributed by atoms with Crippen LogP contribution in [-0.4, -0.2) is 62.9 Å². The van der Waals surface area contributed by atoms with E-state index in [-0.39, 0.29) is 59.4 Å². The molecule has 2 aromatic rings. The van der Waals surface area contributed by atoms with Crippen LogP contribution in [0.15, 0.2) is 58.8 Å². The Bertz CT molecular complexity index is 1620. The van der Waals surface area contributed by atoms with E-state index < -0.39 is 39.7 Å². The number of ether oxygens (including phenoxy) is 1. The summed E-state index contributed by atoms with van der Waals surface area (Å²) in [4.78, 5) is 32.3. The van der Waals surface area contributed by atoms with E-state index in [2.05, 4.69) is 10.3 Å². The number of urea groups is 2. The third-order valence-corrected chi connectivity index (χ3v) is 7.65. The molecule has 1 saturated heterocycles. The van der Waals surface area contributed by atoms with Gasteiger partial charge in [0, 0.05) is 30.7 Å². The van der Waals surface area contributed by atoms with E-state index in [0.717, 1.165) is 29.4 Å². The van der Waals surface area contributed by atoms with E-state index in [9.17, 15) is 36.4 Å². The van der Waals surface area contributed by atoms with Gasteiger partial charge in [0.1, 0.15) is 6.04 Å². The summed E-state index contributed by atoms with van der Waals surface area (Å²) in [6, 6.07) is 5.51. The Labute approximate surface area is 233 Å². The summed E-state index contributed by atoms with van der Waals surface area (Å²) in [5.41, 5.74) is 0.702. The van der Waals surface area contributed by atoms with E-state index in [0.29, 0.717) is 11.0 Å². The number of hydrogen-bond acceptors (Lipinski definition) is 7. The number of morpholine rings is 1. The van der Waals surface area contributed by atoms with Gasteiger partial charge in [-0.25, -0.2) is 32.8 Å². The number of allylic oxidation sites excluding steroid dienone is 1. The van der Waals surface area contributed by atoms with Gasteiger partial charge in [-0.05, 0) is 42.8 Å². The molecule has 2 aliphatic heterocycles. The van der Waals surface area contributed by atoms with Crippen molar-refractivity contribution in [1.82, 2.24) is 15.3 Å². The maximum absolute atomic E-state index is 14.0. The van der Waals surface area contributed by atoms with Crippen molar-refractivity contribution in [2.24, 2.45) is 0 Å². The van der Waals surface area contributed by atoms with Crippen molar-refractivity contribution in [3.63, 3.8) is 0 Å². The number of benzene rings is 2. The molecule has 1 N–H and O–H groups in total. The molecule has 0 radical (unpaired) electrons. The van der Waals surface area contributed by atoms with E-state index in [1.54, 1.807) is 0 Å². The zero-order valence-electron chi connectivity index (χ0n) is 21.8. The Morgan fingerprint density at radius 1 is 1.20 bits per heavy atom. The van der Waals surface area contributed by atoms with Gasteiger partial charge in [0.05, 0.1) is 41.9 Å². The molecule has 2 aromatic carbocycles. The van der Waals surface area contributed by atoms with E-state index in [1.165, 1.54) is 30.1 Å². The number of amides is 4. The number of carbonyl (C=O) groups excluding carboxylic acids is 2. The minimum absolute atomic E-state index is 0.0173. The van der Waals surface area contributed by atoms with Crippen LogP contribution in [0.3, 0.4) is 0 Å². The monoisotopic (exact) mass is 588 g/mol. The zero-order chi connectivity index (χ0) is 30.1. The third kappa shape index (κ3) is 5.88. The molecule has 214 valence electrons. The largest absolute Gasteiger partial charge is 0.416 e. The molecule has 11 nitrogen and oxygen atoms in total. The number of halogens is 3. The van der Waals surface area contributed by atoms with Gasteiger partial charge < -0.3 is 4.74 Å². The molecule has 0 bridgehead atoms. The van der Waals surface area contributed by atoms with Crippen LogP contribution >= 0.6 is 0 Å². The van der Waals surface area contributed by atoms with E-state index >= 15 is 0 Å². The van der Waals surface area contributed by atoms with Gasteiger partial charge in [-0.3, -0.25) is 10.3 Å². The van der Waals surface area contributed by atoms with Gasteiger partial charge in [-0.15, -0.1) is 0 Å². The highest BCUT2D eigenvalue weighted by Crippen LogP contribution is 2.43. The highest BCUT2D eigenvalue weighted by atomic mass is 32.2. The van der Waals surface area contributed by atoms with Crippen LogP contribution in [0.2, 0.25) is 0 Å². The predicted octanol–water partition coefficient (Wildman–Crippen LogP) is 4.07. The summed E-state index contributed by atoms with van der Waals surface area (Å²) in [6.07, 6.45) is -3.86. The van der Waals surface area contributed by atoms with Gasteiger partial charge in [-0.1, -0.05) is 12.1 Å². The van der Waals surface area contributed by atoms with Gasteiger partial charge in [0.25, 0.3) is 0 Å². The zero-order valence-corrected chi connectivity index (χ0v) is 22.6. The third-order valence-electron chi connectivity index (χ3n) is 6.49. The number of nitrogens with one attached hydrogen (secondary N) is 1. The Balaban J connectivity index is 1.96. The molecule has 0 aliphatic carbocycles. The Kier molecular flexibility index (Phi) is 8.08. The lowest BCUT2D eigenvalue weighted by atomic mass is 9.97. The van der Waals surface area contributed by atoms with Gasteiger partial charge in [-0.2, -0.15) is 18.4 Å². The first-order chi connectivity index (χ1) is 19.3. The number of imide groups is 1. The molecule has 1 fully saturated rings. The first-order valence-corrected chi connectivity index (χ1v) is 13.9. The smallest absolute Gasteiger partial charge is 0.379 e. The molecule has 0 aromatic heterocycles. The highest BCUT2D eigenvalue weighted by Gasteiger charge is 2.46. The number of carbonyl (C=O) groups is 2. The first-order valence-electron chi connectivity index (χ1n) is 12.0. The van der Waals surface area contributed by atoms with Crippen LogP contribution in [-0.2, 0) is 20.8 Å². The average molecular weight is 589 g/mol. The minimum atomic E-state index is -4.74. The molecular formula is C26H23F3N6O5S. The molecule has 4 rings (SSSR count).